The molecule has 27 heavy (non-hydrogen) atoms. The highest BCUT2D eigenvalue weighted by Crippen LogP contribution is 2.40. The van der Waals surface area contributed by atoms with Crippen LogP contribution in [0.3, 0.4) is 0 Å². The maximum absolute atomic E-state index is 2.32. The first kappa shape index (κ1) is 16.2. The van der Waals surface area contributed by atoms with Crippen LogP contribution in [-0.2, 0) is 0 Å². The molecule has 0 fully saturated rings. The van der Waals surface area contributed by atoms with E-state index in [1.165, 1.54) is 42.7 Å². The van der Waals surface area contributed by atoms with E-state index in [-0.39, 0.29) is 0 Å². The maximum atomic E-state index is 2.32. The van der Waals surface area contributed by atoms with Gasteiger partial charge >= 0.3 is 0 Å². The zero-order chi connectivity index (χ0) is 18.2. The van der Waals surface area contributed by atoms with Gasteiger partial charge in [0.1, 0.15) is 7.85 Å². The van der Waals surface area contributed by atoms with Gasteiger partial charge in [0.2, 0.25) is 0 Å². The molecule has 0 atom stereocenters. The lowest BCUT2D eigenvalue weighted by Crippen LogP contribution is -2.11. The van der Waals surface area contributed by atoms with Crippen LogP contribution >= 0.6 is 11.3 Å². The van der Waals surface area contributed by atoms with Gasteiger partial charge in [0.15, 0.2) is 0 Å². The number of rotatable bonds is 3. The van der Waals surface area contributed by atoms with Crippen LogP contribution in [0.1, 0.15) is 0 Å². The van der Waals surface area contributed by atoms with Crippen LogP contribution in [0, 0.1) is 0 Å². The van der Waals surface area contributed by atoms with Crippen molar-refractivity contribution in [1.29, 1.82) is 0 Å². The third kappa shape index (κ3) is 2.90. The Bertz CT molecular complexity index is 1230. The molecule has 0 bridgehead atoms. The number of hydrogen-bond donors (Lipinski definition) is 0. The number of hydrogen-bond acceptors (Lipinski definition) is 2. The second kappa shape index (κ2) is 6.60. The lowest BCUT2D eigenvalue weighted by Gasteiger charge is -2.25. The summed E-state index contributed by atoms with van der Waals surface area (Å²) in [4.78, 5) is 2.32. The Morgan fingerprint density at radius 1 is 0.556 bits per heavy atom. The molecule has 1 nitrogen and oxygen atoms in total. The third-order valence-electron chi connectivity index (χ3n) is 4.93. The number of para-hydroxylation sites is 1. The zero-order valence-corrected chi connectivity index (χ0v) is 15.9. The lowest BCUT2D eigenvalue weighted by atomic mass is 9.96. The smallest absolute Gasteiger partial charge is 0.139 e. The van der Waals surface area contributed by atoms with Gasteiger partial charge in [-0.05, 0) is 48.5 Å². The normalized spacial score (nSPS) is 11.1. The Balaban J connectivity index is 1.73. The Morgan fingerprint density at radius 3 is 2.00 bits per heavy atom. The van der Waals surface area contributed by atoms with Crippen molar-refractivity contribution in [2.75, 3.05) is 4.90 Å². The van der Waals surface area contributed by atoms with E-state index >= 15 is 0 Å². The van der Waals surface area contributed by atoms with Crippen molar-refractivity contribution >= 4 is 61.9 Å². The molecule has 4 aromatic carbocycles. The Labute approximate surface area is 163 Å². The van der Waals surface area contributed by atoms with Crippen LogP contribution in [0.5, 0.6) is 0 Å². The first-order valence-corrected chi connectivity index (χ1v) is 9.94. The van der Waals surface area contributed by atoms with E-state index in [0.29, 0.717) is 0 Å². The molecule has 0 N–H and O–H groups in total. The fourth-order valence-electron chi connectivity index (χ4n) is 3.57. The molecule has 0 saturated heterocycles. The highest BCUT2D eigenvalue weighted by Gasteiger charge is 2.14. The molecule has 0 amide bonds. The molecule has 0 aliphatic carbocycles. The number of benzene rings is 4. The second-order valence-corrected chi connectivity index (χ2v) is 7.87. The van der Waals surface area contributed by atoms with Crippen LogP contribution in [0.15, 0.2) is 97.1 Å². The van der Waals surface area contributed by atoms with Gasteiger partial charge in [-0.2, -0.15) is 0 Å². The summed E-state index contributed by atoms with van der Waals surface area (Å²) in [6, 6.07) is 34.7. The summed E-state index contributed by atoms with van der Waals surface area (Å²) in [6.45, 7) is 0. The highest BCUT2D eigenvalue weighted by molar-refractivity contribution is 7.25. The molecule has 0 spiro atoms. The van der Waals surface area contributed by atoms with Crippen molar-refractivity contribution < 1.29 is 0 Å². The Kier molecular flexibility index (Phi) is 3.95. The molecule has 128 valence electrons. The molecule has 1 aromatic heterocycles. The van der Waals surface area contributed by atoms with Gasteiger partial charge in [-0.25, -0.2) is 0 Å². The third-order valence-corrected chi connectivity index (χ3v) is 6.08. The van der Waals surface area contributed by atoms with E-state index < -0.39 is 0 Å². The fourth-order valence-corrected chi connectivity index (χ4v) is 4.66. The molecular weight excluding hydrogens is 345 g/mol. The van der Waals surface area contributed by atoms with Gasteiger partial charge in [-0.15, -0.1) is 11.3 Å². The quantitative estimate of drug-likeness (QED) is 0.367. The first-order chi connectivity index (χ1) is 13.3. The van der Waals surface area contributed by atoms with Crippen molar-refractivity contribution in [3.05, 3.63) is 97.1 Å². The minimum atomic E-state index is 1.17. The predicted octanol–water partition coefficient (Wildman–Crippen LogP) is 5.78. The summed E-state index contributed by atoms with van der Waals surface area (Å²) in [5.74, 6) is 0. The summed E-state index contributed by atoms with van der Waals surface area (Å²) in [5.41, 5.74) is 4.79. The first-order valence-electron chi connectivity index (χ1n) is 9.13. The predicted molar refractivity (Wildman–Crippen MR) is 122 cm³/mol. The minimum Gasteiger partial charge on any atom is -0.310 e. The molecule has 0 saturated carbocycles. The van der Waals surface area contributed by atoms with Gasteiger partial charge in [-0.1, -0.05) is 54.0 Å². The monoisotopic (exact) mass is 363 g/mol. The summed E-state index contributed by atoms with van der Waals surface area (Å²) in [6.07, 6.45) is 0. The molecule has 0 aliphatic heterocycles. The van der Waals surface area contributed by atoms with Crippen molar-refractivity contribution in [1.82, 2.24) is 0 Å². The molecule has 0 aliphatic rings. The van der Waals surface area contributed by atoms with Gasteiger partial charge in [0, 0.05) is 37.2 Å². The molecule has 0 unspecified atom stereocenters. The van der Waals surface area contributed by atoms with Crippen LogP contribution in [0.25, 0.3) is 20.2 Å². The Hall–Kier alpha value is -3.04. The van der Waals surface area contributed by atoms with Crippen LogP contribution in [0.4, 0.5) is 17.1 Å². The molecule has 3 heteroatoms. The molecular formula is C24H18BNS. The number of fused-ring (bicyclic) bond motifs is 3. The van der Waals surface area contributed by atoms with E-state index in [2.05, 4.69) is 110 Å². The number of anilines is 3. The van der Waals surface area contributed by atoms with Gasteiger partial charge in [0.05, 0.1) is 0 Å². The lowest BCUT2D eigenvalue weighted by molar-refractivity contribution is 1.29. The fraction of sp³-hybridized carbons (Fsp3) is 0. The van der Waals surface area contributed by atoms with E-state index in [4.69, 9.17) is 0 Å². The number of nitrogens with zero attached hydrogens (tertiary/aromatic N) is 1. The van der Waals surface area contributed by atoms with Crippen molar-refractivity contribution in [3.8, 4) is 0 Å². The highest BCUT2D eigenvalue weighted by atomic mass is 32.1. The summed E-state index contributed by atoms with van der Waals surface area (Å²) in [7, 11) is 2.13. The molecule has 5 rings (SSSR count). The molecule has 5 aromatic rings. The van der Waals surface area contributed by atoms with Gasteiger partial charge < -0.3 is 4.90 Å². The van der Waals surface area contributed by atoms with Crippen molar-refractivity contribution in [2.24, 2.45) is 0 Å². The summed E-state index contributed by atoms with van der Waals surface area (Å²) < 4.78 is 2.67. The zero-order valence-electron chi connectivity index (χ0n) is 15.1. The van der Waals surface area contributed by atoms with Crippen molar-refractivity contribution in [3.63, 3.8) is 0 Å². The van der Waals surface area contributed by atoms with Crippen LogP contribution < -0.4 is 10.4 Å². The minimum absolute atomic E-state index is 1.17. The summed E-state index contributed by atoms with van der Waals surface area (Å²) >= 11 is 1.86. The topological polar surface area (TPSA) is 3.24 Å². The van der Waals surface area contributed by atoms with Gasteiger partial charge in [-0.3, -0.25) is 0 Å². The van der Waals surface area contributed by atoms with Crippen molar-refractivity contribution in [2.45, 2.75) is 0 Å². The SMILES string of the molecule is Bc1ccc(N(c2ccccc2)c2ccc3sc4ccccc4c3c2)cc1. The van der Waals surface area contributed by atoms with E-state index in [1.807, 2.05) is 11.3 Å². The Morgan fingerprint density at radius 2 is 1.19 bits per heavy atom. The average molecular weight is 363 g/mol. The summed E-state index contributed by atoms with van der Waals surface area (Å²) in [5, 5.41) is 2.65. The van der Waals surface area contributed by atoms with Crippen LogP contribution in [-0.4, -0.2) is 7.85 Å². The largest absolute Gasteiger partial charge is 0.310 e. The van der Waals surface area contributed by atoms with E-state index in [0.717, 1.165) is 0 Å². The molecule has 0 radical (unpaired) electrons. The number of thiophene rings is 1. The maximum Gasteiger partial charge on any atom is 0.139 e. The van der Waals surface area contributed by atoms with Crippen LogP contribution in [0.2, 0.25) is 0 Å². The molecule has 1 heterocycles. The van der Waals surface area contributed by atoms with Gasteiger partial charge in [0.25, 0.3) is 0 Å². The standard InChI is InChI=1S/C24H18BNS/c25-17-10-12-19(13-11-17)26(18-6-2-1-3-7-18)20-14-15-24-22(16-20)21-8-4-5-9-23(21)27-24/h1-16H,25H2. The van der Waals surface area contributed by atoms with E-state index in [1.54, 1.807) is 0 Å². The second-order valence-electron chi connectivity index (χ2n) is 6.79. The van der Waals surface area contributed by atoms with E-state index in [9.17, 15) is 0 Å². The average Bonchev–Trinajstić information content (AvgIpc) is 3.09.